The van der Waals surface area contributed by atoms with Gasteiger partial charge in [-0.15, -0.1) is 0 Å². The van der Waals surface area contributed by atoms with E-state index in [1.807, 2.05) is 11.0 Å². The van der Waals surface area contributed by atoms with Crippen molar-refractivity contribution in [3.63, 3.8) is 0 Å². The van der Waals surface area contributed by atoms with Crippen LogP contribution in [-0.4, -0.2) is 45.0 Å². The van der Waals surface area contributed by atoms with Crippen molar-refractivity contribution < 1.29 is 13.9 Å². The molecule has 0 saturated carbocycles. The van der Waals surface area contributed by atoms with Crippen LogP contribution in [0.4, 0.5) is 4.39 Å². The monoisotopic (exact) mass is 405 g/mol. The highest BCUT2D eigenvalue weighted by molar-refractivity contribution is 6.00. The van der Waals surface area contributed by atoms with E-state index in [0.717, 1.165) is 19.0 Å². The van der Waals surface area contributed by atoms with Crippen LogP contribution in [0.3, 0.4) is 0 Å². The van der Waals surface area contributed by atoms with Gasteiger partial charge in [0.2, 0.25) is 5.88 Å². The smallest absolute Gasteiger partial charge is 0.254 e. The average Bonchev–Trinajstić information content (AvgIpc) is 2.80. The number of hydrogen-bond acceptors (Lipinski definition) is 5. The maximum absolute atomic E-state index is 13.4. The van der Waals surface area contributed by atoms with E-state index >= 15 is 0 Å². The molecule has 0 unspecified atom stereocenters. The van der Waals surface area contributed by atoms with E-state index in [-0.39, 0.29) is 17.9 Å². The van der Waals surface area contributed by atoms with Gasteiger partial charge in [-0.2, -0.15) is 0 Å². The quantitative estimate of drug-likeness (QED) is 0.646. The Morgan fingerprint density at radius 3 is 2.83 bits per heavy atom. The van der Waals surface area contributed by atoms with Gasteiger partial charge in [-0.1, -0.05) is 6.07 Å². The summed E-state index contributed by atoms with van der Waals surface area (Å²) in [7, 11) is 0. The molecule has 0 aliphatic carbocycles. The van der Waals surface area contributed by atoms with E-state index in [1.165, 1.54) is 12.1 Å². The zero-order valence-corrected chi connectivity index (χ0v) is 16.7. The minimum absolute atomic E-state index is 0.0635. The molecule has 0 bridgehead atoms. The van der Waals surface area contributed by atoms with Crippen molar-refractivity contribution in [1.29, 1.82) is 0 Å². The molecule has 1 saturated heterocycles. The standard InChI is InChI=1S/C23H22FN4O2/c1-16-7-8-17(15-30-21-10-9-18(24)13-27-21)14-28(16)23(29)20-6-3-2-5-19(20)22-25-11-4-12-26-22/h2,4-6,9-13,16-17H,7-8,14-15H2,1H3/t16-,17+/m1/s1. The number of hydrogen-bond donors (Lipinski definition) is 0. The zero-order valence-electron chi connectivity index (χ0n) is 16.7. The molecule has 1 aliphatic rings. The molecule has 1 aromatic carbocycles. The topological polar surface area (TPSA) is 68.2 Å². The molecule has 4 rings (SSSR count). The van der Waals surface area contributed by atoms with Gasteiger partial charge in [0, 0.05) is 42.5 Å². The average molecular weight is 405 g/mol. The fourth-order valence-corrected chi connectivity index (χ4v) is 3.65. The Morgan fingerprint density at radius 1 is 1.23 bits per heavy atom. The molecule has 2 aromatic heterocycles. The molecule has 0 spiro atoms. The second-order valence-corrected chi connectivity index (χ2v) is 7.42. The number of benzene rings is 1. The number of amides is 1. The number of nitrogens with zero attached hydrogens (tertiary/aromatic N) is 4. The summed E-state index contributed by atoms with van der Waals surface area (Å²) in [4.78, 5) is 27.8. The summed E-state index contributed by atoms with van der Waals surface area (Å²) < 4.78 is 18.7. The fourth-order valence-electron chi connectivity index (χ4n) is 3.65. The number of likely N-dealkylation sites (tertiary alicyclic amines) is 1. The summed E-state index contributed by atoms with van der Waals surface area (Å²) in [6, 6.07) is 13.0. The van der Waals surface area contributed by atoms with E-state index in [2.05, 4.69) is 27.9 Å². The number of rotatable bonds is 5. The van der Waals surface area contributed by atoms with Crippen LogP contribution in [0.15, 0.2) is 55.0 Å². The first kappa shape index (κ1) is 19.9. The Bertz CT molecular complexity index is 998. The van der Waals surface area contributed by atoms with Crippen LogP contribution in [-0.2, 0) is 0 Å². The highest BCUT2D eigenvalue weighted by Gasteiger charge is 2.31. The van der Waals surface area contributed by atoms with E-state index in [4.69, 9.17) is 4.74 Å². The van der Waals surface area contributed by atoms with E-state index in [0.29, 0.717) is 36.0 Å². The first-order valence-electron chi connectivity index (χ1n) is 9.94. The molecule has 1 radical (unpaired) electrons. The largest absolute Gasteiger partial charge is 0.477 e. The van der Waals surface area contributed by atoms with Crippen molar-refractivity contribution in [2.45, 2.75) is 25.8 Å². The first-order valence-corrected chi connectivity index (χ1v) is 9.94. The summed E-state index contributed by atoms with van der Waals surface area (Å²) in [6.07, 6.45) is 6.28. The van der Waals surface area contributed by atoms with Crippen LogP contribution in [0.5, 0.6) is 5.88 Å². The van der Waals surface area contributed by atoms with Crippen molar-refractivity contribution in [2.75, 3.05) is 13.2 Å². The summed E-state index contributed by atoms with van der Waals surface area (Å²) in [5.74, 6) is 0.604. The minimum Gasteiger partial charge on any atom is -0.477 e. The van der Waals surface area contributed by atoms with Gasteiger partial charge in [-0.25, -0.2) is 19.3 Å². The number of carbonyl (C=O) groups excluding carboxylic acids is 1. The second-order valence-electron chi connectivity index (χ2n) is 7.42. The molecule has 1 amide bonds. The van der Waals surface area contributed by atoms with Gasteiger partial charge in [-0.3, -0.25) is 4.79 Å². The van der Waals surface area contributed by atoms with Crippen LogP contribution in [0.1, 0.15) is 30.1 Å². The van der Waals surface area contributed by atoms with Gasteiger partial charge in [0.05, 0.1) is 18.4 Å². The van der Waals surface area contributed by atoms with E-state index in [1.54, 1.807) is 30.6 Å². The van der Waals surface area contributed by atoms with Crippen molar-refractivity contribution in [2.24, 2.45) is 5.92 Å². The Balaban J connectivity index is 1.49. The molecule has 6 nitrogen and oxygen atoms in total. The van der Waals surface area contributed by atoms with Gasteiger partial charge in [0.15, 0.2) is 5.82 Å². The summed E-state index contributed by atoms with van der Waals surface area (Å²) in [5, 5.41) is 0. The number of carbonyl (C=O) groups is 1. The Labute approximate surface area is 174 Å². The molecule has 0 N–H and O–H groups in total. The normalized spacial score (nSPS) is 18.8. The lowest BCUT2D eigenvalue weighted by molar-refractivity contribution is 0.0503. The summed E-state index contributed by atoms with van der Waals surface area (Å²) in [5.41, 5.74) is 1.23. The van der Waals surface area contributed by atoms with Crippen LogP contribution in [0, 0.1) is 17.8 Å². The van der Waals surface area contributed by atoms with Crippen molar-refractivity contribution in [1.82, 2.24) is 19.9 Å². The van der Waals surface area contributed by atoms with Crippen molar-refractivity contribution in [3.05, 3.63) is 72.4 Å². The third kappa shape index (κ3) is 4.45. The van der Waals surface area contributed by atoms with Crippen LogP contribution in [0.2, 0.25) is 0 Å². The molecule has 3 heterocycles. The summed E-state index contributed by atoms with van der Waals surface area (Å²) in [6.45, 7) is 3.05. The zero-order chi connectivity index (χ0) is 20.9. The Morgan fingerprint density at radius 2 is 2.07 bits per heavy atom. The van der Waals surface area contributed by atoms with Gasteiger partial charge in [0.1, 0.15) is 5.82 Å². The lowest BCUT2D eigenvalue weighted by atomic mass is 9.92. The van der Waals surface area contributed by atoms with Gasteiger partial charge in [-0.05, 0) is 50.1 Å². The highest BCUT2D eigenvalue weighted by Crippen LogP contribution is 2.27. The van der Waals surface area contributed by atoms with Gasteiger partial charge < -0.3 is 9.64 Å². The Hall–Kier alpha value is -3.35. The van der Waals surface area contributed by atoms with E-state index in [9.17, 15) is 9.18 Å². The van der Waals surface area contributed by atoms with E-state index < -0.39 is 5.82 Å². The lowest BCUT2D eigenvalue weighted by Gasteiger charge is -2.38. The second kappa shape index (κ2) is 8.98. The summed E-state index contributed by atoms with van der Waals surface area (Å²) >= 11 is 0. The molecule has 1 aliphatic heterocycles. The minimum atomic E-state index is -0.400. The van der Waals surface area contributed by atoms with Crippen LogP contribution in [0.25, 0.3) is 11.4 Å². The molecular formula is C23H22FN4O2. The third-order valence-corrected chi connectivity index (χ3v) is 5.31. The van der Waals surface area contributed by atoms with Gasteiger partial charge in [0.25, 0.3) is 5.91 Å². The highest BCUT2D eigenvalue weighted by atomic mass is 19.1. The first-order chi connectivity index (χ1) is 14.6. The SMILES string of the molecule is C[C@@H]1CC[C@H](COc2ccc(F)cn2)CN1C(=O)c1c[c]ccc1-c1ncccn1. The third-order valence-electron chi connectivity index (χ3n) is 5.31. The fraction of sp³-hybridized carbons (Fsp3) is 0.304. The number of halogens is 1. The molecular weight excluding hydrogens is 383 g/mol. The molecule has 30 heavy (non-hydrogen) atoms. The van der Waals surface area contributed by atoms with Crippen molar-refractivity contribution in [3.8, 4) is 17.3 Å². The van der Waals surface area contributed by atoms with Crippen LogP contribution >= 0.6 is 0 Å². The molecule has 153 valence electrons. The number of pyridine rings is 1. The van der Waals surface area contributed by atoms with Crippen molar-refractivity contribution >= 4 is 5.91 Å². The molecule has 3 aromatic rings. The molecule has 7 heteroatoms. The lowest BCUT2D eigenvalue weighted by Crippen LogP contribution is -2.47. The predicted octanol–water partition coefficient (Wildman–Crippen LogP) is 3.80. The van der Waals surface area contributed by atoms with Crippen LogP contribution < -0.4 is 4.74 Å². The number of aromatic nitrogens is 3. The predicted molar refractivity (Wildman–Crippen MR) is 109 cm³/mol. The number of piperidine rings is 1. The maximum Gasteiger partial charge on any atom is 0.254 e. The number of ether oxygens (including phenoxy) is 1. The molecule has 1 fully saturated rings. The Kier molecular flexibility index (Phi) is 5.97. The molecule has 2 atom stereocenters. The van der Waals surface area contributed by atoms with Gasteiger partial charge >= 0.3 is 0 Å². The maximum atomic E-state index is 13.4.